The van der Waals surface area contributed by atoms with Crippen LogP contribution in [0.5, 0.6) is 5.75 Å². The fraction of sp³-hybridized carbons (Fsp3) is 0.600. The average molecular weight is 284 g/mol. The van der Waals surface area contributed by atoms with Crippen LogP contribution in [0.25, 0.3) is 0 Å². The average Bonchev–Trinajstić information content (AvgIpc) is 2.39. The summed E-state index contributed by atoms with van der Waals surface area (Å²) in [5.41, 5.74) is 3.75. The highest BCUT2D eigenvalue weighted by Gasteiger charge is 2.27. The molecular formula is C15H22F2N2O. The van der Waals surface area contributed by atoms with Crippen molar-refractivity contribution in [2.24, 2.45) is 17.7 Å². The molecule has 1 fully saturated rings. The summed E-state index contributed by atoms with van der Waals surface area (Å²) in [6, 6.07) is 6.80. The lowest BCUT2D eigenvalue weighted by Gasteiger charge is -2.33. The van der Waals surface area contributed by atoms with Gasteiger partial charge in [-0.15, -0.1) is 0 Å². The molecule has 3 N–H and O–H groups in total. The number of ether oxygens (including phenoxy) is 1. The molecule has 0 bridgehead atoms. The van der Waals surface area contributed by atoms with E-state index in [0.717, 1.165) is 18.4 Å². The number of hydrogen-bond donors (Lipinski definition) is 2. The summed E-state index contributed by atoms with van der Waals surface area (Å²) >= 11 is 0. The van der Waals surface area contributed by atoms with Crippen molar-refractivity contribution in [3.05, 3.63) is 29.8 Å². The van der Waals surface area contributed by atoms with Gasteiger partial charge in [-0.05, 0) is 42.4 Å². The van der Waals surface area contributed by atoms with Gasteiger partial charge in [0.05, 0.1) is 0 Å². The van der Waals surface area contributed by atoms with Gasteiger partial charge in [-0.3, -0.25) is 11.3 Å². The minimum absolute atomic E-state index is 0.0148. The van der Waals surface area contributed by atoms with Crippen LogP contribution in [0.2, 0.25) is 0 Å². The van der Waals surface area contributed by atoms with Crippen molar-refractivity contribution >= 4 is 0 Å². The third-order valence-electron chi connectivity index (χ3n) is 4.07. The summed E-state index contributed by atoms with van der Waals surface area (Å²) < 4.78 is 29.0. The number of rotatable bonds is 5. The molecule has 5 heteroatoms. The maximum absolute atomic E-state index is 12.3. The molecule has 112 valence electrons. The van der Waals surface area contributed by atoms with Gasteiger partial charge in [0.15, 0.2) is 0 Å². The van der Waals surface area contributed by atoms with Crippen LogP contribution in [0.1, 0.15) is 44.2 Å². The van der Waals surface area contributed by atoms with Gasteiger partial charge in [-0.1, -0.05) is 31.9 Å². The standard InChI is InChI=1S/C15H22F2N2O/c1-10-4-2-5-11(8-10)14(19-18)12-6-3-7-13(9-12)20-15(16)17/h3,6-7,9-11,14-15,19H,2,4-5,8,18H2,1H3. The first-order valence-electron chi connectivity index (χ1n) is 7.11. The topological polar surface area (TPSA) is 47.3 Å². The van der Waals surface area contributed by atoms with Gasteiger partial charge in [-0.2, -0.15) is 8.78 Å². The molecule has 3 atom stereocenters. The molecule has 0 aliphatic heterocycles. The number of alkyl halides is 2. The molecule has 0 aromatic heterocycles. The third kappa shape index (κ3) is 3.90. The first-order chi connectivity index (χ1) is 9.60. The van der Waals surface area contributed by atoms with Crippen LogP contribution in [0, 0.1) is 11.8 Å². The molecule has 3 unspecified atom stereocenters. The minimum Gasteiger partial charge on any atom is -0.435 e. The van der Waals surface area contributed by atoms with Crippen LogP contribution in [-0.2, 0) is 0 Å². The smallest absolute Gasteiger partial charge is 0.387 e. The second-order valence-corrected chi connectivity index (χ2v) is 5.63. The van der Waals surface area contributed by atoms with Crippen LogP contribution in [0.3, 0.4) is 0 Å². The highest BCUT2D eigenvalue weighted by molar-refractivity contribution is 5.31. The molecule has 0 spiro atoms. The lowest BCUT2D eigenvalue weighted by Crippen LogP contribution is -2.35. The maximum atomic E-state index is 12.3. The van der Waals surface area contributed by atoms with Crippen molar-refractivity contribution in [1.29, 1.82) is 0 Å². The molecule has 3 nitrogen and oxygen atoms in total. The zero-order valence-electron chi connectivity index (χ0n) is 11.7. The zero-order chi connectivity index (χ0) is 14.5. The molecule has 0 radical (unpaired) electrons. The van der Waals surface area contributed by atoms with E-state index in [2.05, 4.69) is 17.1 Å². The number of benzene rings is 1. The SMILES string of the molecule is CC1CCCC(C(NN)c2cccc(OC(F)F)c2)C1. The van der Waals surface area contributed by atoms with Gasteiger partial charge in [0.2, 0.25) is 0 Å². The van der Waals surface area contributed by atoms with E-state index < -0.39 is 6.61 Å². The van der Waals surface area contributed by atoms with Gasteiger partial charge >= 0.3 is 6.61 Å². The van der Waals surface area contributed by atoms with Crippen LogP contribution >= 0.6 is 0 Å². The Kier molecular flexibility index (Phi) is 5.31. The maximum Gasteiger partial charge on any atom is 0.387 e. The minimum atomic E-state index is -2.80. The normalized spacial score (nSPS) is 24.6. The molecule has 0 saturated heterocycles. The number of nitrogens with two attached hydrogens (primary N) is 1. The second kappa shape index (κ2) is 6.99. The van der Waals surface area contributed by atoms with Crippen molar-refractivity contribution < 1.29 is 13.5 Å². The van der Waals surface area contributed by atoms with Crippen LogP contribution in [0.4, 0.5) is 8.78 Å². The Morgan fingerprint density at radius 3 is 2.80 bits per heavy atom. The summed E-state index contributed by atoms with van der Waals surface area (Å²) in [6.07, 6.45) is 4.66. The Bertz CT molecular complexity index is 428. The summed E-state index contributed by atoms with van der Waals surface area (Å²) in [6.45, 7) is -0.556. The Morgan fingerprint density at radius 2 is 2.15 bits per heavy atom. The van der Waals surface area contributed by atoms with E-state index in [1.54, 1.807) is 12.1 Å². The van der Waals surface area contributed by atoms with E-state index in [4.69, 9.17) is 5.84 Å². The Hall–Kier alpha value is -1.20. The molecule has 1 aromatic rings. The molecule has 0 amide bonds. The Balaban J connectivity index is 2.14. The van der Waals surface area contributed by atoms with E-state index in [1.165, 1.54) is 18.9 Å². The Labute approximate surface area is 118 Å². The van der Waals surface area contributed by atoms with Gasteiger partial charge in [0.25, 0.3) is 0 Å². The van der Waals surface area contributed by atoms with Crippen molar-refractivity contribution in [3.8, 4) is 5.75 Å². The fourth-order valence-corrected chi connectivity index (χ4v) is 3.17. The molecule has 2 rings (SSSR count). The lowest BCUT2D eigenvalue weighted by atomic mass is 9.77. The Morgan fingerprint density at radius 1 is 1.35 bits per heavy atom. The summed E-state index contributed by atoms with van der Waals surface area (Å²) in [5, 5.41) is 0. The summed E-state index contributed by atoms with van der Waals surface area (Å²) in [5.74, 6) is 7.00. The quantitative estimate of drug-likeness (QED) is 0.641. The molecule has 1 aliphatic carbocycles. The highest BCUT2D eigenvalue weighted by Crippen LogP contribution is 2.37. The van der Waals surface area contributed by atoms with E-state index >= 15 is 0 Å². The molecule has 1 saturated carbocycles. The summed E-state index contributed by atoms with van der Waals surface area (Å²) in [7, 11) is 0. The molecule has 1 aliphatic rings. The van der Waals surface area contributed by atoms with Crippen LogP contribution in [0.15, 0.2) is 24.3 Å². The third-order valence-corrected chi connectivity index (χ3v) is 4.07. The predicted molar refractivity (Wildman–Crippen MR) is 74.3 cm³/mol. The van der Waals surface area contributed by atoms with E-state index in [0.29, 0.717) is 11.8 Å². The van der Waals surface area contributed by atoms with E-state index in [1.807, 2.05) is 6.07 Å². The van der Waals surface area contributed by atoms with Gasteiger partial charge < -0.3 is 4.74 Å². The lowest BCUT2D eigenvalue weighted by molar-refractivity contribution is -0.0499. The largest absolute Gasteiger partial charge is 0.435 e. The number of hydrazine groups is 1. The first kappa shape index (κ1) is 15.2. The van der Waals surface area contributed by atoms with Crippen molar-refractivity contribution in [2.75, 3.05) is 0 Å². The molecule has 1 aromatic carbocycles. The monoisotopic (exact) mass is 284 g/mol. The first-order valence-corrected chi connectivity index (χ1v) is 7.11. The number of nitrogens with one attached hydrogen (secondary N) is 1. The molecule has 0 heterocycles. The van der Waals surface area contributed by atoms with Crippen molar-refractivity contribution in [2.45, 2.75) is 45.3 Å². The van der Waals surface area contributed by atoms with Crippen LogP contribution < -0.4 is 16.0 Å². The number of hydrogen-bond acceptors (Lipinski definition) is 3. The molecular weight excluding hydrogens is 262 g/mol. The van der Waals surface area contributed by atoms with Crippen molar-refractivity contribution in [1.82, 2.24) is 5.43 Å². The van der Waals surface area contributed by atoms with Crippen LogP contribution in [-0.4, -0.2) is 6.61 Å². The van der Waals surface area contributed by atoms with Gasteiger partial charge in [0, 0.05) is 6.04 Å². The molecule has 20 heavy (non-hydrogen) atoms. The van der Waals surface area contributed by atoms with E-state index in [9.17, 15) is 8.78 Å². The van der Waals surface area contributed by atoms with Gasteiger partial charge in [0.1, 0.15) is 5.75 Å². The number of halogens is 2. The van der Waals surface area contributed by atoms with E-state index in [-0.39, 0.29) is 11.8 Å². The van der Waals surface area contributed by atoms with Gasteiger partial charge in [-0.25, -0.2) is 0 Å². The predicted octanol–water partition coefficient (Wildman–Crippen LogP) is 3.62. The van der Waals surface area contributed by atoms with Crippen molar-refractivity contribution in [3.63, 3.8) is 0 Å². The second-order valence-electron chi connectivity index (χ2n) is 5.63. The highest BCUT2D eigenvalue weighted by atomic mass is 19.3. The fourth-order valence-electron chi connectivity index (χ4n) is 3.17. The zero-order valence-corrected chi connectivity index (χ0v) is 11.7. The summed E-state index contributed by atoms with van der Waals surface area (Å²) in [4.78, 5) is 0.